The molecule has 1 aliphatic rings. The number of carbonyl (C=O) groups excluding carboxylic acids is 1. The van der Waals surface area contributed by atoms with Gasteiger partial charge < -0.3 is 9.88 Å². The van der Waals surface area contributed by atoms with Gasteiger partial charge in [-0.2, -0.15) is 0 Å². The lowest BCUT2D eigenvalue weighted by Crippen LogP contribution is -2.37. The highest BCUT2D eigenvalue weighted by molar-refractivity contribution is 8.00. The third kappa shape index (κ3) is 3.77. The quantitative estimate of drug-likeness (QED) is 0.683. The molecule has 3 rings (SSSR count). The Morgan fingerprint density at radius 3 is 2.71 bits per heavy atom. The number of benzene rings is 1. The van der Waals surface area contributed by atoms with Gasteiger partial charge in [-0.05, 0) is 38.0 Å². The highest BCUT2D eigenvalue weighted by Crippen LogP contribution is 2.23. The summed E-state index contributed by atoms with van der Waals surface area (Å²) in [5.74, 6) is -0.399. The zero-order valence-corrected chi connectivity index (χ0v) is 14.4. The number of carbonyl (C=O) groups is 1. The van der Waals surface area contributed by atoms with Crippen LogP contribution in [0.3, 0.4) is 0 Å². The molecule has 1 fully saturated rings. The average Bonchev–Trinajstić information content (AvgIpc) is 2.84. The van der Waals surface area contributed by atoms with E-state index in [9.17, 15) is 14.0 Å². The number of hydrogen-bond acceptors (Lipinski definition) is 4. The number of aromatic nitrogens is 2. The number of nitrogens with one attached hydrogen (secondary N) is 1. The van der Waals surface area contributed by atoms with Crippen molar-refractivity contribution >= 4 is 28.6 Å². The zero-order valence-electron chi connectivity index (χ0n) is 13.5. The predicted molar refractivity (Wildman–Crippen MR) is 92.7 cm³/mol. The molecule has 7 heteroatoms. The molecule has 0 bridgehead atoms. The minimum absolute atomic E-state index is 0.0729. The van der Waals surface area contributed by atoms with Crippen molar-refractivity contribution in [2.24, 2.45) is 0 Å². The molecule has 1 saturated heterocycles. The van der Waals surface area contributed by atoms with Gasteiger partial charge in [0, 0.05) is 13.1 Å². The first-order valence-electron chi connectivity index (χ1n) is 8.19. The summed E-state index contributed by atoms with van der Waals surface area (Å²) in [7, 11) is 0. The van der Waals surface area contributed by atoms with Crippen molar-refractivity contribution in [1.29, 1.82) is 0 Å². The summed E-state index contributed by atoms with van der Waals surface area (Å²) in [6, 6.07) is 3.92. The lowest BCUT2D eigenvalue weighted by Gasteiger charge is -2.23. The Labute approximate surface area is 143 Å². The third-order valence-electron chi connectivity index (χ3n) is 4.20. The molecule has 1 N–H and O–H groups in total. The normalized spacial score (nSPS) is 16.8. The van der Waals surface area contributed by atoms with Crippen LogP contribution in [0.2, 0.25) is 0 Å². The van der Waals surface area contributed by atoms with E-state index in [4.69, 9.17) is 0 Å². The second-order valence-electron chi connectivity index (χ2n) is 6.03. The van der Waals surface area contributed by atoms with E-state index in [1.54, 1.807) is 0 Å². The first kappa shape index (κ1) is 17.0. The average molecular weight is 349 g/mol. The lowest BCUT2D eigenvalue weighted by atomic mass is 10.2. The molecule has 2 heterocycles. The third-order valence-corrected chi connectivity index (χ3v) is 5.17. The molecule has 1 aromatic carbocycles. The van der Waals surface area contributed by atoms with Crippen molar-refractivity contribution in [3.8, 4) is 0 Å². The van der Waals surface area contributed by atoms with Gasteiger partial charge in [-0.1, -0.05) is 24.6 Å². The molecule has 0 spiro atoms. The number of hydrogen-bond donors (Lipinski definition) is 1. The Bertz CT molecular complexity index is 800. The van der Waals surface area contributed by atoms with E-state index in [1.165, 1.54) is 42.8 Å². The van der Waals surface area contributed by atoms with Gasteiger partial charge in [0.1, 0.15) is 5.82 Å². The SMILES string of the molecule is CC(Sc1nc2ccc(F)cc2c(=O)[nH]1)C(=O)N1CCCCCC1. The number of amides is 1. The molecule has 2 aromatic rings. The minimum Gasteiger partial charge on any atom is -0.342 e. The Morgan fingerprint density at radius 1 is 1.29 bits per heavy atom. The summed E-state index contributed by atoms with van der Waals surface area (Å²) in [6.45, 7) is 3.42. The summed E-state index contributed by atoms with van der Waals surface area (Å²) in [6.07, 6.45) is 4.42. The number of halogens is 1. The Morgan fingerprint density at radius 2 is 2.00 bits per heavy atom. The molecule has 0 saturated carbocycles. The van der Waals surface area contributed by atoms with Crippen molar-refractivity contribution in [3.05, 3.63) is 34.4 Å². The zero-order chi connectivity index (χ0) is 17.1. The largest absolute Gasteiger partial charge is 0.342 e. The van der Waals surface area contributed by atoms with E-state index in [0.717, 1.165) is 25.9 Å². The summed E-state index contributed by atoms with van der Waals surface area (Å²) in [5, 5.41) is 0.268. The molecule has 0 aliphatic carbocycles. The van der Waals surface area contributed by atoms with Crippen LogP contribution in [-0.2, 0) is 4.79 Å². The molecule has 1 atom stereocenters. The van der Waals surface area contributed by atoms with Crippen LogP contribution >= 0.6 is 11.8 Å². The van der Waals surface area contributed by atoms with Gasteiger partial charge in [0.05, 0.1) is 16.2 Å². The number of aromatic amines is 1. The smallest absolute Gasteiger partial charge is 0.259 e. The number of nitrogens with zero attached hydrogens (tertiary/aromatic N) is 2. The first-order valence-corrected chi connectivity index (χ1v) is 9.07. The number of fused-ring (bicyclic) bond motifs is 1. The van der Waals surface area contributed by atoms with Crippen molar-refractivity contribution < 1.29 is 9.18 Å². The number of H-pyrrole nitrogens is 1. The molecule has 1 amide bonds. The highest BCUT2D eigenvalue weighted by Gasteiger charge is 2.23. The maximum Gasteiger partial charge on any atom is 0.259 e. The second-order valence-corrected chi connectivity index (χ2v) is 7.36. The van der Waals surface area contributed by atoms with Crippen LogP contribution < -0.4 is 5.56 Å². The van der Waals surface area contributed by atoms with E-state index in [2.05, 4.69) is 9.97 Å². The first-order chi connectivity index (χ1) is 11.5. The predicted octanol–water partition coefficient (Wildman–Crippen LogP) is 2.95. The summed E-state index contributed by atoms with van der Waals surface area (Å²) >= 11 is 1.23. The van der Waals surface area contributed by atoms with E-state index >= 15 is 0 Å². The summed E-state index contributed by atoms with van der Waals surface area (Å²) in [5.41, 5.74) is 0.0356. The van der Waals surface area contributed by atoms with Gasteiger partial charge in [-0.3, -0.25) is 9.59 Å². The molecule has 1 unspecified atom stereocenters. The molecule has 0 radical (unpaired) electrons. The fraction of sp³-hybridized carbons (Fsp3) is 0.471. The maximum absolute atomic E-state index is 13.2. The fourth-order valence-corrected chi connectivity index (χ4v) is 3.80. The van der Waals surface area contributed by atoms with Crippen LogP contribution in [0.5, 0.6) is 0 Å². The van der Waals surface area contributed by atoms with E-state index in [0.29, 0.717) is 10.7 Å². The van der Waals surface area contributed by atoms with Crippen LogP contribution in [0.25, 0.3) is 10.9 Å². The molecule has 5 nitrogen and oxygen atoms in total. The van der Waals surface area contributed by atoms with Crippen LogP contribution in [-0.4, -0.2) is 39.1 Å². The minimum atomic E-state index is -0.472. The van der Waals surface area contributed by atoms with Crippen LogP contribution in [0.4, 0.5) is 4.39 Å². The topological polar surface area (TPSA) is 66.1 Å². The van der Waals surface area contributed by atoms with Crippen LogP contribution in [0.15, 0.2) is 28.2 Å². The van der Waals surface area contributed by atoms with Crippen LogP contribution in [0, 0.1) is 5.82 Å². The van der Waals surface area contributed by atoms with E-state index < -0.39 is 11.4 Å². The second kappa shape index (κ2) is 7.34. The lowest BCUT2D eigenvalue weighted by molar-refractivity contribution is -0.130. The Hall–Kier alpha value is -1.89. The fourth-order valence-electron chi connectivity index (χ4n) is 2.91. The van der Waals surface area contributed by atoms with Crippen molar-refractivity contribution in [3.63, 3.8) is 0 Å². The molecule has 1 aromatic heterocycles. The Balaban J connectivity index is 1.77. The van der Waals surface area contributed by atoms with Gasteiger partial charge in [0.15, 0.2) is 5.16 Å². The standard InChI is InChI=1S/C17H20FN3O2S/c1-11(16(23)21-8-4-2-3-5-9-21)24-17-19-14-7-6-12(18)10-13(14)15(22)20-17/h6-7,10-11H,2-5,8-9H2,1H3,(H,19,20,22). The molecule has 1 aliphatic heterocycles. The number of likely N-dealkylation sites (tertiary alicyclic amines) is 1. The van der Waals surface area contributed by atoms with Crippen LogP contribution in [0.1, 0.15) is 32.6 Å². The number of rotatable bonds is 3. The van der Waals surface area contributed by atoms with E-state index in [-0.39, 0.29) is 16.5 Å². The summed E-state index contributed by atoms with van der Waals surface area (Å²) in [4.78, 5) is 33.5. The number of thioether (sulfide) groups is 1. The van der Waals surface area contributed by atoms with Gasteiger partial charge in [-0.15, -0.1) is 0 Å². The van der Waals surface area contributed by atoms with Gasteiger partial charge in [0.2, 0.25) is 5.91 Å². The maximum atomic E-state index is 13.2. The monoisotopic (exact) mass is 349 g/mol. The molecule has 24 heavy (non-hydrogen) atoms. The van der Waals surface area contributed by atoms with E-state index in [1.807, 2.05) is 11.8 Å². The van der Waals surface area contributed by atoms with Crippen molar-refractivity contribution in [2.45, 2.75) is 43.0 Å². The Kier molecular flexibility index (Phi) is 5.18. The highest BCUT2D eigenvalue weighted by atomic mass is 32.2. The van der Waals surface area contributed by atoms with Gasteiger partial charge in [0.25, 0.3) is 5.56 Å². The molecular formula is C17H20FN3O2S. The van der Waals surface area contributed by atoms with Gasteiger partial charge in [-0.25, -0.2) is 9.37 Å². The molecule has 128 valence electrons. The van der Waals surface area contributed by atoms with Crippen molar-refractivity contribution in [2.75, 3.05) is 13.1 Å². The van der Waals surface area contributed by atoms with Crippen molar-refractivity contribution in [1.82, 2.24) is 14.9 Å². The summed E-state index contributed by atoms with van der Waals surface area (Å²) < 4.78 is 13.2. The van der Waals surface area contributed by atoms with Gasteiger partial charge >= 0.3 is 0 Å². The molecular weight excluding hydrogens is 329 g/mol.